The molecular weight excluding hydrogens is 391 g/mol. The van der Waals surface area contributed by atoms with Gasteiger partial charge in [0.05, 0.1) is 25.5 Å². The molecule has 1 N–H and O–H groups in total. The van der Waals surface area contributed by atoms with Crippen LogP contribution in [-0.2, 0) is 4.74 Å². The first-order valence-electron chi connectivity index (χ1n) is 9.57. The number of carbonyl (C=O) groups is 1. The van der Waals surface area contributed by atoms with Gasteiger partial charge in [0.15, 0.2) is 5.76 Å². The standard InChI is InChI=1S/C22H23FN2O3S/c1-14-15(2)29-22(24-21(26)18-8-5-11-28-18)19(14)20(25-9-12-27-13-10-25)16-6-3-4-7-17(16)23/h3-8,11,20H,9-10,12-13H2,1-2H3,(H,24,26)/t20-/m0/s1. The van der Waals surface area contributed by atoms with Crippen LogP contribution in [0.2, 0.25) is 0 Å². The van der Waals surface area contributed by atoms with Gasteiger partial charge in [-0.25, -0.2) is 4.39 Å². The van der Waals surface area contributed by atoms with Crippen molar-refractivity contribution in [2.75, 3.05) is 31.6 Å². The molecule has 1 saturated heterocycles. The molecule has 0 saturated carbocycles. The summed E-state index contributed by atoms with van der Waals surface area (Å²) in [6.45, 7) is 6.63. The van der Waals surface area contributed by atoms with E-state index in [-0.39, 0.29) is 23.5 Å². The molecule has 0 spiro atoms. The summed E-state index contributed by atoms with van der Waals surface area (Å²) < 4.78 is 25.6. The first-order chi connectivity index (χ1) is 14.1. The molecule has 7 heteroatoms. The van der Waals surface area contributed by atoms with Gasteiger partial charge in [-0.1, -0.05) is 18.2 Å². The molecular formula is C22H23FN2O3S. The second-order valence-electron chi connectivity index (χ2n) is 7.03. The lowest BCUT2D eigenvalue weighted by molar-refractivity contribution is 0.0234. The molecule has 0 bridgehead atoms. The number of carbonyl (C=O) groups excluding carboxylic acids is 1. The van der Waals surface area contributed by atoms with Crippen LogP contribution in [0.25, 0.3) is 0 Å². The smallest absolute Gasteiger partial charge is 0.291 e. The first kappa shape index (κ1) is 19.8. The average molecular weight is 415 g/mol. The number of hydrogen-bond acceptors (Lipinski definition) is 5. The van der Waals surface area contributed by atoms with Crippen molar-refractivity contribution in [3.05, 3.63) is 75.8 Å². The lowest BCUT2D eigenvalue weighted by atomic mass is 9.94. The third kappa shape index (κ3) is 3.99. The summed E-state index contributed by atoms with van der Waals surface area (Å²) in [5.41, 5.74) is 2.59. The number of aryl methyl sites for hydroxylation is 1. The van der Waals surface area contributed by atoms with E-state index >= 15 is 0 Å². The Morgan fingerprint density at radius 2 is 1.93 bits per heavy atom. The number of furan rings is 1. The van der Waals surface area contributed by atoms with Crippen molar-refractivity contribution in [1.29, 1.82) is 0 Å². The first-order valence-corrected chi connectivity index (χ1v) is 10.4. The van der Waals surface area contributed by atoms with Crippen molar-refractivity contribution in [3.63, 3.8) is 0 Å². The zero-order valence-corrected chi connectivity index (χ0v) is 17.2. The van der Waals surface area contributed by atoms with E-state index in [1.54, 1.807) is 18.2 Å². The lowest BCUT2D eigenvalue weighted by Gasteiger charge is -2.35. The largest absolute Gasteiger partial charge is 0.459 e. The van der Waals surface area contributed by atoms with E-state index in [9.17, 15) is 9.18 Å². The van der Waals surface area contributed by atoms with Crippen molar-refractivity contribution in [2.24, 2.45) is 0 Å². The normalized spacial score (nSPS) is 16.0. The van der Waals surface area contributed by atoms with Crippen LogP contribution in [0.4, 0.5) is 9.39 Å². The van der Waals surface area contributed by atoms with Crippen LogP contribution in [0.5, 0.6) is 0 Å². The average Bonchev–Trinajstić information content (AvgIpc) is 3.35. The second kappa shape index (κ2) is 8.49. The summed E-state index contributed by atoms with van der Waals surface area (Å²) in [6.07, 6.45) is 1.47. The van der Waals surface area contributed by atoms with Gasteiger partial charge in [0.1, 0.15) is 10.8 Å². The predicted molar refractivity (Wildman–Crippen MR) is 111 cm³/mol. The molecule has 0 radical (unpaired) electrons. The molecule has 152 valence electrons. The number of morpholine rings is 1. The molecule has 0 aliphatic carbocycles. The zero-order valence-electron chi connectivity index (χ0n) is 16.4. The molecule has 29 heavy (non-hydrogen) atoms. The minimum absolute atomic E-state index is 0.244. The van der Waals surface area contributed by atoms with Crippen molar-refractivity contribution in [2.45, 2.75) is 19.9 Å². The Morgan fingerprint density at radius 3 is 2.62 bits per heavy atom. The number of thiophene rings is 1. The summed E-state index contributed by atoms with van der Waals surface area (Å²) in [5.74, 6) is -0.323. The van der Waals surface area contributed by atoms with E-state index in [2.05, 4.69) is 10.2 Å². The molecule has 1 aliphatic rings. The SMILES string of the molecule is Cc1sc(NC(=O)c2ccco2)c([C@H](c2ccccc2F)N2CCOCC2)c1C. The maximum Gasteiger partial charge on any atom is 0.291 e. The van der Waals surface area contributed by atoms with E-state index in [0.29, 0.717) is 31.9 Å². The van der Waals surface area contributed by atoms with Gasteiger partial charge in [-0.2, -0.15) is 0 Å². The predicted octanol–water partition coefficient (Wildman–Crippen LogP) is 4.77. The Balaban J connectivity index is 1.79. The van der Waals surface area contributed by atoms with Crippen molar-refractivity contribution < 1.29 is 18.3 Å². The van der Waals surface area contributed by atoms with Gasteiger partial charge in [-0.3, -0.25) is 9.69 Å². The van der Waals surface area contributed by atoms with Crippen LogP contribution < -0.4 is 5.32 Å². The van der Waals surface area contributed by atoms with Crippen molar-refractivity contribution in [3.8, 4) is 0 Å². The minimum Gasteiger partial charge on any atom is -0.459 e. The number of nitrogens with zero attached hydrogens (tertiary/aromatic N) is 1. The second-order valence-corrected chi connectivity index (χ2v) is 8.25. The number of benzene rings is 1. The van der Waals surface area contributed by atoms with Gasteiger partial charge in [0, 0.05) is 29.1 Å². The molecule has 4 rings (SSSR count). The fourth-order valence-corrected chi connectivity index (χ4v) is 4.79. The fraction of sp³-hybridized carbons (Fsp3) is 0.318. The van der Waals surface area contributed by atoms with Gasteiger partial charge in [0.2, 0.25) is 0 Å². The minimum atomic E-state index is -0.313. The summed E-state index contributed by atoms with van der Waals surface area (Å²) in [5, 5.41) is 3.71. The Kier molecular flexibility index (Phi) is 5.80. The van der Waals surface area contributed by atoms with Gasteiger partial charge in [0.25, 0.3) is 5.91 Å². The van der Waals surface area contributed by atoms with Gasteiger partial charge >= 0.3 is 0 Å². The highest BCUT2D eigenvalue weighted by molar-refractivity contribution is 7.16. The number of halogens is 1. The number of rotatable bonds is 5. The van der Waals surface area contributed by atoms with Crippen LogP contribution in [0.3, 0.4) is 0 Å². The Morgan fingerprint density at radius 1 is 1.17 bits per heavy atom. The molecule has 2 aromatic heterocycles. The summed E-state index contributed by atoms with van der Waals surface area (Å²) in [4.78, 5) is 16.0. The van der Waals surface area contributed by atoms with Gasteiger partial charge in [-0.05, 0) is 37.6 Å². The topological polar surface area (TPSA) is 54.7 Å². The van der Waals surface area contributed by atoms with E-state index in [1.807, 2.05) is 26.0 Å². The van der Waals surface area contributed by atoms with Crippen LogP contribution in [-0.4, -0.2) is 37.1 Å². The fourth-order valence-electron chi connectivity index (χ4n) is 3.71. The number of ether oxygens (including phenoxy) is 1. The number of amides is 1. The third-order valence-electron chi connectivity index (χ3n) is 5.29. The van der Waals surface area contributed by atoms with Crippen LogP contribution >= 0.6 is 11.3 Å². The highest BCUT2D eigenvalue weighted by Gasteiger charge is 2.32. The number of anilines is 1. The number of nitrogens with one attached hydrogen (secondary N) is 1. The van der Waals surface area contributed by atoms with E-state index in [1.165, 1.54) is 23.7 Å². The van der Waals surface area contributed by atoms with Gasteiger partial charge < -0.3 is 14.5 Å². The molecule has 1 amide bonds. The van der Waals surface area contributed by atoms with Crippen LogP contribution in [0, 0.1) is 19.7 Å². The molecule has 0 unspecified atom stereocenters. The van der Waals surface area contributed by atoms with Gasteiger partial charge in [-0.15, -0.1) is 11.3 Å². The number of hydrogen-bond donors (Lipinski definition) is 1. The Hall–Kier alpha value is -2.48. The van der Waals surface area contributed by atoms with Crippen LogP contribution in [0.15, 0.2) is 47.1 Å². The molecule has 3 heterocycles. The monoisotopic (exact) mass is 414 g/mol. The Bertz CT molecular complexity index is 994. The molecule has 1 aromatic carbocycles. The molecule has 1 fully saturated rings. The maximum atomic E-state index is 14.9. The molecule has 1 atom stereocenters. The molecule has 1 aliphatic heterocycles. The maximum absolute atomic E-state index is 14.9. The highest BCUT2D eigenvalue weighted by atomic mass is 32.1. The summed E-state index contributed by atoms with van der Waals surface area (Å²) in [7, 11) is 0. The summed E-state index contributed by atoms with van der Waals surface area (Å²) in [6, 6.07) is 9.84. The lowest BCUT2D eigenvalue weighted by Crippen LogP contribution is -2.40. The third-order valence-corrected chi connectivity index (χ3v) is 6.43. The summed E-state index contributed by atoms with van der Waals surface area (Å²) >= 11 is 1.51. The van der Waals surface area contributed by atoms with E-state index in [0.717, 1.165) is 21.0 Å². The molecule has 3 aromatic rings. The van der Waals surface area contributed by atoms with E-state index < -0.39 is 0 Å². The van der Waals surface area contributed by atoms with Crippen molar-refractivity contribution >= 4 is 22.2 Å². The van der Waals surface area contributed by atoms with E-state index in [4.69, 9.17) is 9.15 Å². The Labute approximate surface area is 173 Å². The molecule has 5 nitrogen and oxygen atoms in total. The van der Waals surface area contributed by atoms with Crippen LogP contribution in [0.1, 0.15) is 38.2 Å². The quantitative estimate of drug-likeness (QED) is 0.653. The zero-order chi connectivity index (χ0) is 20.4. The highest BCUT2D eigenvalue weighted by Crippen LogP contribution is 2.43. The van der Waals surface area contributed by atoms with Crippen molar-refractivity contribution in [1.82, 2.24) is 4.90 Å².